The van der Waals surface area contributed by atoms with E-state index in [4.69, 9.17) is 0 Å². The van der Waals surface area contributed by atoms with Gasteiger partial charge < -0.3 is 10.2 Å². The minimum Gasteiger partial charge on any atom is -0.314 e. The lowest BCUT2D eigenvalue weighted by Crippen LogP contribution is -2.35. The van der Waals surface area contributed by atoms with Gasteiger partial charge >= 0.3 is 0 Å². The molecular weight excluding hydrogens is 288 g/mol. The van der Waals surface area contributed by atoms with Crippen molar-refractivity contribution < 1.29 is 0 Å². The Kier molecular flexibility index (Phi) is 5.22. The Labute approximate surface area is 119 Å². The molecule has 0 saturated carbocycles. The van der Waals surface area contributed by atoms with Crippen molar-refractivity contribution >= 4 is 15.9 Å². The number of piperidine rings is 1. The second-order valence-electron chi connectivity index (χ2n) is 5.51. The van der Waals surface area contributed by atoms with E-state index in [1.165, 1.54) is 41.4 Å². The maximum Gasteiger partial charge on any atom is 0.0238 e. The van der Waals surface area contributed by atoms with Gasteiger partial charge in [0.2, 0.25) is 0 Å². The van der Waals surface area contributed by atoms with E-state index < -0.39 is 0 Å². The molecule has 0 aromatic heterocycles. The molecule has 2 nitrogen and oxygen atoms in total. The Morgan fingerprint density at radius 3 is 2.78 bits per heavy atom. The van der Waals surface area contributed by atoms with Crippen molar-refractivity contribution in [3.63, 3.8) is 0 Å². The normalized spacial score (nSPS) is 20.3. The van der Waals surface area contributed by atoms with Gasteiger partial charge in [-0.15, -0.1) is 0 Å². The molecule has 1 saturated heterocycles. The molecule has 18 heavy (non-hydrogen) atoms. The molecule has 0 aliphatic carbocycles. The molecule has 1 aromatic carbocycles. The Morgan fingerprint density at radius 2 is 2.17 bits per heavy atom. The second-order valence-corrected chi connectivity index (χ2v) is 6.37. The molecule has 1 fully saturated rings. The third kappa shape index (κ3) is 4.08. The van der Waals surface area contributed by atoms with Crippen LogP contribution in [-0.2, 0) is 13.0 Å². The Balaban J connectivity index is 1.99. The molecule has 1 aliphatic heterocycles. The largest absolute Gasteiger partial charge is 0.314 e. The molecule has 3 heteroatoms. The average molecular weight is 311 g/mol. The number of halogens is 1. The summed E-state index contributed by atoms with van der Waals surface area (Å²) in [6.07, 6.45) is 5.18. The zero-order valence-electron chi connectivity index (χ0n) is 11.4. The summed E-state index contributed by atoms with van der Waals surface area (Å²) in [5, 5.41) is 3.61. The highest BCUT2D eigenvalue weighted by Crippen LogP contribution is 2.21. The Hall–Kier alpha value is -0.380. The van der Waals surface area contributed by atoms with Crippen LogP contribution in [0, 0.1) is 0 Å². The summed E-state index contributed by atoms with van der Waals surface area (Å²) in [7, 11) is 4.21. The molecule has 2 rings (SSSR count). The van der Waals surface area contributed by atoms with Crippen molar-refractivity contribution in [2.75, 3.05) is 20.6 Å². The van der Waals surface area contributed by atoms with Gasteiger partial charge in [-0.05, 0) is 57.1 Å². The first-order chi connectivity index (χ1) is 8.65. The van der Waals surface area contributed by atoms with Gasteiger partial charge in [0.25, 0.3) is 0 Å². The van der Waals surface area contributed by atoms with E-state index >= 15 is 0 Å². The van der Waals surface area contributed by atoms with Crippen LogP contribution in [0.3, 0.4) is 0 Å². The van der Waals surface area contributed by atoms with Crippen LogP contribution in [0.15, 0.2) is 22.7 Å². The van der Waals surface area contributed by atoms with E-state index in [9.17, 15) is 0 Å². The molecule has 1 aromatic rings. The van der Waals surface area contributed by atoms with Gasteiger partial charge in [-0.2, -0.15) is 0 Å². The number of hydrogen-bond donors (Lipinski definition) is 1. The van der Waals surface area contributed by atoms with Crippen molar-refractivity contribution in [1.29, 1.82) is 0 Å². The Bertz CT molecular complexity index is 384. The maximum atomic E-state index is 3.69. The highest BCUT2D eigenvalue weighted by Gasteiger charge is 2.13. The lowest BCUT2D eigenvalue weighted by molar-refractivity contribution is 0.397. The highest BCUT2D eigenvalue weighted by molar-refractivity contribution is 9.10. The molecule has 0 spiro atoms. The smallest absolute Gasteiger partial charge is 0.0238 e. The molecule has 0 radical (unpaired) electrons. The summed E-state index contributed by atoms with van der Waals surface area (Å²) >= 11 is 3.69. The molecule has 1 heterocycles. The summed E-state index contributed by atoms with van der Waals surface area (Å²) in [5.74, 6) is 0. The highest BCUT2D eigenvalue weighted by atomic mass is 79.9. The van der Waals surface area contributed by atoms with Gasteiger partial charge in [0.05, 0.1) is 0 Å². The molecule has 1 N–H and O–H groups in total. The number of benzene rings is 1. The average Bonchev–Trinajstić information content (AvgIpc) is 2.33. The quantitative estimate of drug-likeness (QED) is 0.919. The number of nitrogens with zero attached hydrogens (tertiary/aromatic N) is 1. The zero-order chi connectivity index (χ0) is 13.0. The van der Waals surface area contributed by atoms with Crippen LogP contribution in [0.4, 0.5) is 0 Å². The minimum atomic E-state index is 0.672. The maximum absolute atomic E-state index is 3.69. The van der Waals surface area contributed by atoms with E-state index in [0.717, 1.165) is 13.0 Å². The van der Waals surface area contributed by atoms with Gasteiger partial charge in [0.15, 0.2) is 0 Å². The molecular formula is C15H23BrN2. The van der Waals surface area contributed by atoms with Gasteiger partial charge in [-0.3, -0.25) is 0 Å². The first-order valence-electron chi connectivity index (χ1n) is 6.80. The third-order valence-corrected chi connectivity index (χ3v) is 4.24. The van der Waals surface area contributed by atoms with Crippen LogP contribution >= 0.6 is 15.9 Å². The molecule has 1 unspecified atom stereocenters. The summed E-state index contributed by atoms with van der Waals surface area (Å²) in [4.78, 5) is 2.20. The summed E-state index contributed by atoms with van der Waals surface area (Å²) in [5.41, 5.74) is 2.80. The summed E-state index contributed by atoms with van der Waals surface area (Å²) < 4.78 is 1.24. The van der Waals surface area contributed by atoms with Crippen LogP contribution < -0.4 is 5.32 Å². The van der Waals surface area contributed by atoms with Gasteiger partial charge in [-0.25, -0.2) is 0 Å². The lowest BCUT2D eigenvalue weighted by atomic mass is 9.97. The minimum absolute atomic E-state index is 0.672. The fourth-order valence-electron chi connectivity index (χ4n) is 2.57. The van der Waals surface area contributed by atoms with Crippen LogP contribution in [0.5, 0.6) is 0 Å². The predicted octanol–water partition coefficient (Wildman–Crippen LogP) is 3.20. The van der Waals surface area contributed by atoms with Crippen molar-refractivity contribution in [3.8, 4) is 0 Å². The monoisotopic (exact) mass is 310 g/mol. The summed E-state index contributed by atoms with van der Waals surface area (Å²) in [6.45, 7) is 2.17. The van der Waals surface area contributed by atoms with E-state index in [2.05, 4.69) is 58.4 Å². The molecule has 0 bridgehead atoms. The van der Waals surface area contributed by atoms with Gasteiger partial charge in [0, 0.05) is 17.1 Å². The van der Waals surface area contributed by atoms with Crippen LogP contribution in [0.1, 0.15) is 30.4 Å². The number of hydrogen-bond acceptors (Lipinski definition) is 2. The second kappa shape index (κ2) is 6.69. The topological polar surface area (TPSA) is 15.3 Å². The number of nitrogens with one attached hydrogen (secondary N) is 1. The van der Waals surface area contributed by atoms with Gasteiger partial charge in [0.1, 0.15) is 0 Å². The molecule has 0 amide bonds. The molecule has 1 atom stereocenters. The molecule has 1 aliphatic rings. The van der Waals surface area contributed by atoms with Crippen LogP contribution in [-0.4, -0.2) is 31.6 Å². The number of rotatable bonds is 4. The SMILES string of the molecule is CN(C)Cc1ccc(CC2CCCCN2)cc1Br. The zero-order valence-corrected chi connectivity index (χ0v) is 13.0. The summed E-state index contributed by atoms with van der Waals surface area (Å²) in [6, 6.07) is 7.49. The molecule has 100 valence electrons. The van der Waals surface area contributed by atoms with Gasteiger partial charge in [-0.1, -0.05) is 34.5 Å². The standard InChI is InChI=1S/C15H23BrN2/c1-18(2)11-13-7-6-12(10-15(13)16)9-14-5-3-4-8-17-14/h6-7,10,14,17H,3-5,8-9,11H2,1-2H3. The fourth-order valence-corrected chi connectivity index (χ4v) is 3.12. The van der Waals surface area contributed by atoms with Crippen molar-refractivity contribution in [2.24, 2.45) is 0 Å². The van der Waals surface area contributed by atoms with E-state index in [1.807, 2.05) is 0 Å². The third-order valence-electron chi connectivity index (χ3n) is 3.50. The van der Waals surface area contributed by atoms with Crippen molar-refractivity contribution in [3.05, 3.63) is 33.8 Å². The van der Waals surface area contributed by atoms with E-state index in [0.29, 0.717) is 6.04 Å². The lowest BCUT2D eigenvalue weighted by Gasteiger charge is -2.23. The predicted molar refractivity (Wildman–Crippen MR) is 80.9 cm³/mol. The fraction of sp³-hybridized carbons (Fsp3) is 0.600. The van der Waals surface area contributed by atoms with Crippen molar-refractivity contribution in [2.45, 2.75) is 38.3 Å². The van der Waals surface area contributed by atoms with E-state index in [-0.39, 0.29) is 0 Å². The van der Waals surface area contributed by atoms with E-state index in [1.54, 1.807) is 0 Å². The first kappa shape index (κ1) is 14.0. The van der Waals surface area contributed by atoms with Crippen LogP contribution in [0.2, 0.25) is 0 Å². The Morgan fingerprint density at radius 1 is 1.33 bits per heavy atom. The van der Waals surface area contributed by atoms with Crippen LogP contribution in [0.25, 0.3) is 0 Å². The van der Waals surface area contributed by atoms with Crippen molar-refractivity contribution in [1.82, 2.24) is 10.2 Å². The first-order valence-corrected chi connectivity index (χ1v) is 7.60.